The predicted molar refractivity (Wildman–Crippen MR) is 97.7 cm³/mol. The van der Waals surface area contributed by atoms with Crippen molar-refractivity contribution in [3.63, 3.8) is 0 Å². The number of nitrogens with zero attached hydrogens (tertiary/aromatic N) is 2. The number of carbonyl (C=O) groups is 3. The van der Waals surface area contributed by atoms with Crippen molar-refractivity contribution in [3.8, 4) is 0 Å². The van der Waals surface area contributed by atoms with Gasteiger partial charge in [0.25, 0.3) is 11.8 Å². The molecule has 5 heteroatoms. The largest absolute Gasteiger partial charge is 0.337 e. The van der Waals surface area contributed by atoms with Crippen molar-refractivity contribution < 1.29 is 14.4 Å². The zero-order chi connectivity index (χ0) is 18.3. The van der Waals surface area contributed by atoms with Gasteiger partial charge in [-0.3, -0.25) is 19.3 Å². The van der Waals surface area contributed by atoms with E-state index >= 15 is 0 Å². The maximum absolute atomic E-state index is 12.9. The molecule has 2 fully saturated rings. The third kappa shape index (κ3) is 3.15. The van der Waals surface area contributed by atoms with E-state index in [9.17, 15) is 14.4 Å². The SMILES string of the molecule is CC1CCC(N(C(=O)CCN2C(=O)c3ccccc3C2=O)C2CC2)CC1. The van der Waals surface area contributed by atoms with Gasteiger partial charge >= 0.3 is 0 Å². The summed E-state index contributed by atoms with van der Waals surface area (Å²) in [5, 5.41) is 0. The van der Waals surface area contributed by atoms with Crippen LogP contribution in [0, 0.1) is 5.92 Å². The van der Waals surface area contributed by atoms with E-state index in [1.165, 1.54) is 17.7 Å². The minimum absolute atomic E-state index is 0.101. The quantitative estimate of drug-likeness (QED) is 0.763. The second-order valence-electron chi connectivity index (χ2n) is 8.00. The standard InChI is InChI=1S/C21H26N2O3/c1-14-6-8-15(9-7-14)23(16-10-11-16)19(24)12-13-22-20(25)17-4-2-3-5-18(17)21(22)26/h2-5,14-16H,6-13H2,1H3. The maximum atomic E-state index is 12.9. The molecule has 26 heavy (non-hydrogen) atoms. The molecule has 0 atom stereocenters. The number of rotatable bonds is 5. The molecule has 0 saturated heterocycles. The van der Waals surface area contributed by atoms with Gasteiger partial charge in [0.05, 0.1) is 11.1 Å². The first kappa shape index (κ1) is 17.3. The number of hydrogen-bond donors (Lipinski definition) is 0. The van der Waals surface area contributed by atoms with Crippen LogP contribution in [0.25, 0.3) is 0 Å². The van der Waals surface area contributed by atoms with Crippen LogP contribution >= 0.6 is 0 Å². The number of fused-ring (bicyclic) bond motifs is 1. The Morgan fingerprint density at radius 3 is 1.96 bits per heavy atom. The van der Waals surface area contributed by atoms with E-state index in [4.69, 9.17) is 0 Å². The molecule has 0 spiro atoms. The third-order valence-electron chi connectivity index (χ3n) is 6.03. The summed E-state index contributed by atoms with van der Waals surface area (Å²) >= 11 is 0. The molecule has 0 unspecified atom stereocenters. The Morgan fingerprint density at radius 2 is 1.46 bits per heavy atom. The molecule has 1 aromatic rings. The van der Waals surface area contributed by atoms with Crippen molar-refractivity contribution in [1.29, 1.82) is 0 Å². The molecular formula is C21H26N2O3. The van der Waals surface area contributed by atoms with Crippen LogP contribution in [0.15, 0.2) is 24.3 Å². The number of carbonyl (C=O) groups excluding carboxylic acids is 3. The van der Waals surface area contributed by atoms with E-state index in [1.807, 2.05) is 0 Å². The minimum atomic E-state index is -0.275. The van der Waals surface area contributed by atoms with Gasteiger partial charge in [-0.05, 0) is 56.6 Å². The highest BCUT2D eigenvalue weighted by atomic mass is 16.2. The van der Waals surface area contributed by atoms with Crippen molar-refractivity contribution >= 4 is 17.7 Å². The Bertz CT molecular complexity index is 698. The fourth-order valence-electron chi connectivity index (χ4n) is 4.36. The molecule has 138 valence electrons. The van der Waals surface area contributed by atoms with Crippen LogP contribution in [-0.2, 0) is 4.79 Å². The van der Waals surface area contributed by atoms with Crippen molar-refractivity contribution in [2.45, 2.75) is 64.0 Å². The van der Waals surface area contributed by atoms with Gasteiger partial charge in [-0.15, -0.1) is 0 Å². The molecule has 1 aliphatic heterocycles. The van der Waals surface area contributed by atoms with Crippen LogP contribution < -0.4 is 0 Å². The van der Waals surface area contributed by atoms with Crippen molar-refractivity contribution in [1.82, 2.24) is 9.80 Å². The lowest BCUT2D eigenvalue weighted by Crippen LogP contribution is -2.45. The van der Waals surface area contributed by atoms with Crippen LogP contribution in [0.1, 0.15) is 72.6 Å². The first-order valence-corrected chi connectivity index (χ1v) is 9.82. The van der Waals surface area contributed by atoms with Gasteiger partial charge in [0.15, 0.2) is 0 Å². The molecule has 3 aliphatic rings. The fraction of sp³-hybridized carbons (Fsp3) is 0.571. The summed E-state index contributed by atoms with van der Waals surface area (Å²) in [6, 6.07) is 7.60. The first-order chi connectivity index (χ1) is 12.6. The van der Waals surface area contributed by atoms with Crippen LogP contribution in [0.2, 0.25) is 0 Å². The van der Waals surface area contributed by atoms with Crippen LogP contribution in [0.4, 0.5) is 0 Å². The summed E-state index contributed by atoms with van der Waals surface area (Å²) in [6.45, 7) is 2.46. The van der Waals surface area contributed by atoms with Crippen molar-refractivity contribution in [2.75, 3.05) is 6.54 Å². The molecule has 1 heterocycles. The van der Waals surface area contributed by atoms with E-state index < -0.39 is 0 Å². The lowest BCUT2D eigenvalue weighted by Gasteiger charge is -2.36. The molecule has 0 N–H and O–H groups in total. The maximum Gasteiger partial charge on any atom is 0.261 e. The second kappa shape index (κ2) is 6.86. The molecular weight excluding hydrogens is 328 g/mol. The third-order valence-corrected chi connectivity index (χ3v) is 6.03. The lowest BCUT2D eigenvalue weighted by atomic mass is 9.86. The number of benzene rings is 1. The van der Waals surface area contributed by atoms with E-state index in [-0.39, 0.29) is 30.7 Å². The average molecular weight is 354 g/mol. The van der Waals surface area contributed by atoms with Gasteiger partial charge < -0.3 is 4.90 Å². The second-order valence-corrected chi connectivity index (χ2v) is 8.00. The Kier molecular flexibility index (Phi) is 4.55. The molecule has 0 bridgehead atoms. The number of imide groups is 1. The van der Waals surface area contributed by atoms with Crippen molar-refractivity contribution in [3.05, 3.63) is 35.4 Å². The van der Waals surface area contributed by atoms with Gasteiger partial charge in [-0.25, -0.2) is 0 Å². The Hall–Kier alpha value is -2.17. The molecule has 1 aromatic carbocycles. The smallest absolute Gasteiger partial charge is 0.261 e. The summed E-state index contributed by atoms with van der Waals surface area (Å²) in [5.74, 6) is 0.301. The minimum Gasteiger partial charge on any atom is -0.337 e. The van der Waals surface area contributed by atoms with Gasteiger partial charge in [-0.2, -0.15) is 0 Å². The predicted octanol–water partition coefficient (Wildman–Crippen LogP) is 3.24. The summed E-state index contributed by atoms with van der Waals surface area (Å²) in [5.41, 5.74) is 0.899. The summed E-state index contributed by atoms with van der Waals surface area (Å²) < 4.78 is 0. The first-order valence-electron chi connectivity index (χ1n) is 9.82. The molecule has 2 saturated carbocycles. The zero-order valence-electron chi connectivity index (χ0n) is 15.3. The lowest BCUT2D eigenvalue weighted by molar-refractivity contribution is -0.135. The molecule has 2 aliphatic carbocycles. The van der Waals surface area contributed by atoms with Gasteiger partial charge in [0.1, 0.15) is 0 Å². The van der Waals surface area contributed by atoms with E-state index in [0.29, 0.717) is 23.2 Å². The highest BCUT2D eigenvalue weighted by molar-refractivity contribution is 6.21. The van der Waals surface area contributed by atoms with Gasteiger partial charge in [0.2, 0.25) is 5.91 Å². The monoisotopic (exact) mass is 354 g/mol. The highest BCUT2D eigenvalue weighted by Gasteiger charge is 2.40. The highest BCUT2D eigenvalue weighted by Crippen LogP contribution is 2.35. The average Bonchev–Trinajstić information content (AvgIpc) is 3.44. The Labute approximate surface area is 154 Å². The van der Waals surface area contributed by atoms with E-state index in [2.05, 4.69) is 11.8 Å². The summed E-state index contributed by atoms with van der Waals surface area (Å²) in [7, 11) is 0. The molecule has 0 aromatic heterocycles. The Morgan fingerprint density at radius 1 is 0.962 bits per heavy atom. The van der Waals surface area contributed by atoms with Crippen LogP contribution in [0.5, 0.6) is 0 Å². The van der Waals surface area contributed by atoms with Crippen molar-refractivity contribution in [2.24, 2.45) is 5.92 Å². The number of hydrogen-bond acceptors (Lipinski definition) is 3. The summed E-state index contributed by atoms with van der Waals surface area (Å²) in [4.78, 5) is 41.2. The van der Waals surface area contributed by atoms with Gasteiger partial charge in [0, 0.05) is 25.0 Å². The number of amides is 3. The molecule has 0 radical (unpaired) electrons. The van der Waals surface area contributed by atoms with E-state index in [0.717, 1.165) is 31.6 Å². The summed E-state index contributed by atoms with van der Waals surface area (Å²) in [6.07, 6.45) is 6.93. The van der Waals surface area contributed by atoms with Crippen LogP contribution in [0.3, 0.4) is 0 Å². The zero-order valence-corrected chi connectivity index (χ0v) is 15.3. The van der Waals surface area contributed by atoms with Gasteiger partial charge in [-0.1, -0.05) is 19.1 Å². The topological polar surface area (TPSA) is 57.7 Å². The Balaban J connectivity index is 1.40. The normalized spacial score (nSPS) is 25.3. The van der Waals surface area contributed by atoms with E-state index in [1.54, 1.807) is 24.3 Å². The fourth-order valence-corrected chi connectivity index (χ4v) is 4.36. The molecule has 4 rings (SSSR count). The molecule has 5 nitrogen and oxygen atoms in total. The molecule has 3 amide bonds. The van der Waals surface area contributed by atoms with Crippen LogP contribution in [-0.4, -0.2) is 46.1 Å².